The molecule has 0 bridgehead atoms. The zero-order valence-electron chi connectivity index (χ0n) is 40.2. The van der Waals surface area contributed by atoms with Crippen molar-refractivity contribution in [2.45, 2.75) is 209 Å². The maximum atomic E-state index is 11.7. The first-order valence-corrected chi connectivity index (χ1v) is 40.3. The Hall–Kier alpha value is 4.39. The molecule has 0 saturated heterocycles. The summed E-state index contributed by atoms with van der Waals surface area (Å²) in [5, 5.41) is 0. The minimum absolute atomic E-state index is 0. The van der Waals surface area contributed by atoms with Crippen molar-refractivity contribution in [2.75, 3.05) is 49.4 Å². The van der Waals surface area contributed by atoms with Crippen molar-refractivity contribution >= 4 is 128 Å². The molecule has 0 spiro atoms. The van der Waals surface area contributed by atoms with E-state index in [9.17, 15) is 19.6 Å². The van der Waals surface area contributed by atoms with E-state index in [-0.39, 0.29) is 21.1 Å². The molecule has 0 aliphatic rings. The second-order valence-corrected chi connectivity index (χ2v) is 38.8. The van der Waals surface area contributed by atoms with Crippen LogP contribution < -0.4 is 19.6 Å². The molecule has 23 heteroatoms. The number of hydrogen-bond acceptors (Lipinski definition) is 18. The number of unbranched alkanes of at least 4 members (excludes halogenated alkanes) is 16. The molecule has 0 aromatic heterocycles. The van der Waals surface area contributed by atoms with Crippen molar-refractivity contribution in [1.82, 2.24) is 0 Å². The summed E-state index contributed by atoms with van der Waals surface area (Å²) in [6.07, 6.45) is 26.7. The average molecular weight is 1220 g/mol. The van der Waals surface area contributed by atoms with Gasteiger partial charge in [-0.25, -0.2) is 0 Å². The van der Waals surface area contributed by atoms with Gasteiger partial charge in [0.05, 0.1) is 26.4 Å². The predicted octanol–water partition coefficient (Wildman–Crippen LogP) is 14.5. The first-order valence-electron chi connectivity index (χ1n) is 23.1. The van der Waals surface area contributed by atoms with Gasteiger partial charge in [0.1, 0.15) is 0 Å². The topological polar surface area (TPSA) is 146 Å². The molecule has 0 N–H and O–H groups in total. The van der Waals surface area contributed by atoms with Crippen LogP contribution in [0, 0.1) is 0 Å². The molecule has 0 radical (unpaired) electrons. The van der Waals surface area contributed by atoms with Crippen LogP contribution in [0.4, 0.5) is 0 Å². The second-order valence-electron chi connectivity index (χ2n) is 14.1. The van der Waals surface area contributed by atoms with Crippen molar-refractivity contribution in [3.63, 3.8) is 0 Å². The van der Waals surface area contributed by atoms with Crippen LogP contribution in [0.2, 0.25) is 0 Å². The normalized spacial score (nSPS) is 14.5. The fourth-order valence-corrected chi connectivity index (χ4v) is 17.9. The van der Waals surface area contributed by atoms with Gasteiger partial charge in [0, 0.05) is 22.8 Å². The van der Waals surface area contributed by atoms with Crippen LogP contribution in [-0.4, -0.2) is 53.6 Å². The van der Waals surface area contributed by atoms with E-state index in [0.717, 1.165) is 126 Å². The van der Waals surface area contributed by atoms with Crippen LogP contribution in [0.3, 0.4) is 0 Å². The Morgan fingerprint density at radius 1 is 0.317 bits per heavy atom. The van der Waals surface area contributed by atoms with E-state index in [1.54, 1.807) is 0 Å². The molecular formula is C40H88MoO9P4S9. The summed E-state index contributed by atoms with van der Waals surface area (Å²) in [5.41, 5.74) is -11.1. The van der Waals surface area contributed by atoms with Crippen LogP contribution in [0.25, 0.3) is 0 Å². The summed E-state index contributed by atoms with van der Waals surface area (Å²) in [5.74, 6) is 3.45. The Balaban J connectivity index is -0.000000169. The molecule has 9 nitrogen and oxygen atoms in total. The van der Waals surface area contributed by atoms with E-state index in [4.69, 9.17) is 69.5 Å². The summed E-state index contributed by atoms with van der Waals surface area (Å²) < 4.78 is 28.8. The van der Waals surface area contributed by atoms with E-state index in [0.29, 0.717) is 26.4 Å². The molecule has 63 heavy (non-hydrogen) atoms. The summed E-state index contributed by atoms with van der Waals surface area (Å²) in [7, 11) is 0. The average Bonchev–Trinajstić information content (AvgIpc) is 3.23. The molecule has 0 aromatic rings. The largest absolute Gasteiger partial charge is 4.00 e. The Kier molecular flexibility index (Phi) is 75.9. The van der Waals surface area contributed by atoms with Gasteiger partial charge in [-0.05, 0) is 74.4 Å². The standard InChI is InChI=1S/4C10H23O2PS2.Mo.OS/c4*1-3-5-7-9-12-13(11,14)15-10-8-6-4-2;;1-2/h4*3-10H2,1-2H3,(H,11,14);;/q;;;;+4;/p-4. The quantitative estimate of drug-likeness (QED) is 0.0325. The molecule has 0 saturated carbocycles. The Bertz CT molecular complexity index is 878. The fourth-order valence-electron chi connectivity index (χ4n) is 4.38. The predicted molar refractivity (Wildman–Crippen MR) is 295 cm³/mol. The van der Waals surface area contributed by atoms with Gasteiger partial charge in [-0.15, -0.1) is 45.5 Å². The summed E-state index contributed by atoms with van der Waals surface area (Å²) in [6, 6.07) is 0. The van der Waals surface area contributed by atoms with Crippen molar-refractivity contribution in [3.05, 3.63) is 0 Å². The molecule has 0 aliphatic carbocycles. The number of rotatable bonds is 40. The Labute approximate surface area is 445 Å². The smallest absolute Gasteiger partial charge is 0.793 e. The summed E-state index contributed by atoms with van der Waals surface area (Å²) in [4.78, 5) is 46.8. The molecule has 4 atom stereocenters. The summed E-state index contributed by atoms with van der Waals surface area (Å²) in [6.45, 7) is 19.3. The van der Waals surface area contributed by atoms with Crippen molar-refractivity contribution in [1.29, 1.82) is 0 Å². The van der Waals surface area contributed by atoms with Gasteiger partial charge in [0.15, 0.2) is 12.5 Å². The van der Waals surface area contributed by atoms with Gasteiger partial charge in [0.25, 0.3) is 0 Å². The van der Waals surface area contributed by atoms with Gasteiger partial charge < -0.3 is 37.7 Å². The molecule has 0 aromatic carbocycles. The van der Waals surface area contributed by atoms with Crippen LogP contribution in [0.1, 0.15) is 209 Å². The molecule has 382 valence electrons. The summed E-state index contributed by atoms with van der Waals surface area (Å²) >= 11 is 27.9. The van der Waals surface area contributed by atoms with Crippen molar-refractivity contribution in [3.8, 4) is 0 Å². The molecule has 0 amide bonds. The minimum Gasteiger partial charge on any atom is -0.793 e. The third kappa shape index (κ3) is 75.5. The zero-order valence-corrected chi connectivity index (χ0v) is 53.1. The minimum atomic E-state index is -2.77. The van der Waals surface area contributed by atoms with E-state index in [2.05, 4.69) is 67.9 Å². The SMILES string of the molecule is CCCCCOP([O-])(=S)SCCCCC.CCCCCOP([O-])(=S)SCCCCC.CCCCCOP([O-])(=S)SCCCCC.CCCCCOP([O-])(=S)SCCCCC.O=S.[Mo+4]. The first-order chi connectivity index (χ1) is 29.5. The third-order valence-corrected chi connectivity index (χ3v) is 25.4. The number of hydrogen-bond donors (Lipinski definition) is 0. The van der Waals surface area contributed by atoms with E-state index >= 15 is 0 Å². The van der Waals surface area contributed by atoms with E-state index in [1.165, 1.54) is 96.9 Å². The molecule has 4 unspecified atom stereocenters. The first kappa shape index (κ1) is 78.8. The van der Waals surface area contributed by atoms with Crippen molar-refractivity contribution in [2.24, 2.45) is 0 Å². The maximum Gasteiger partial charge on any atom is 4.00 e. The molecule has 0 rings (SSSR count). The third-order valence-electron chi connectivity index (χ3n) is 7.98. The van der Waals surface area contributed by atoms with Crippen LogP contribution >= 0.6 is 68.3 Å². The second kappa shape index (κ2) is 60.7. The monoisotopic (exact) mass is 1220 g/mol. The van der Waals surface area contributed by atoms with Gasteiger partial charge in [-0.2, -0.15) is 4.21 Å². The van der Waals surface area contributed by atoms with Crippen LogP contribution in [0.15, 0.2) is 0 Å². The maximum absolute atomic E-state index is 11.7. The Morgan fingerprint density at radius 3 is 0.603 bits per heavy atom. The van der Waals surface area contributed by atoms with Gasteiger partial charge >= 0.3 is 21.1 Å². The van der Waals surface area contributed by atoms with Gasteiger partial charge in [0.2, 0.25) is 0 Å². The van der Waals surface area contributed by atoms with Gasteiger partial charge in [-0.3, -0.25) is 0 Å². The van der Waals surface area contributed by atoms with Gasteiger partial charge in [-0.1, -0.05) is 205 Å². The molecular weight excluding hydrogens is 1130 g/mol. The van der Waals surface area contributed by atoms with E-state index < -0.39 is 22.8 Å². The van der Waals surface area contributed by atoms with Crippen LogP contribution in [0.5, 0.6) is 0 Å². The van der Waals surface area contributed by atoms with Crippen molar-refractivity contribution < 1.29 is 62.9 Å². The molecule has 0 fully saturated rings. The van der Waals surface area contributed by atoms with Crippen LogP contribution in [-0.2, 0) is 98.9 Å². The zero-order chi connectivity index (χ0) is 48.3. The Morgan fingerprint density at radius 2 is 0.460 bits per heavy atom. The molecule has 0 heterocycles. The fraction of sp³-hybridized carbons (Fsp3) is 1.00. The molecule has 0 aliphatic heterocycles. The van der Waals surface area contributed by atoms with E-state index in [1.807, 2.05) is 0 Å².